The summed E-state index contributed by atoms with van der Waals surface area (Å²) >= 11 is 6.40. The van der Waals surface area contributed by atoms with E-state index in [2.05, 4.69) is 36.6 Å². The van der Waals surface area contributed by atoms with Crippen LogP contribution in [0.2, 0.25) is 5.02 Å². The molecule has 12 heteroatoms. The number of halogens is 1. The standard InChI is InChI=1S/C26H30ClN7O4/c1-36-21-11-16(5-7-18(21)23-14-28-9-10-38-23)30-24-19(27)13-29-25(34-24)33-20-8-6-17(12-22(20)37-2)32-26(35)31-15-3-4-15/h5-8,11-13,15,23,28H,3-4,9-10,14H2,1-2H3,(H2,31,32,35)(H2,29,30,33,34). The van der Waals surface area contributed by atoms with Crippen molar-refractivity contribution in [2.75, 3.05) is 49.9 Å². The lowest BCUT2D eigenvalue weighted by Crippen LogP contribution is -2.33. The largest absolute Gasteiger partial charge is 0.496 e. The quantitative estimate of drug-likeness (QED) is 0.265. The molecular formula is C26H30ClN7O4. The monoisotopic (exact) mass is 539 g/mol. The molecule has 1 unspecified atom stereocenters. The van der Waals surface area contributed by atoms with E-state index >= 15 is 0 Å². The van der Waals surface area contributed by atoms with Crippen LogP contribution < -0.4 is 36.1 Å². The molecule has 0 radical (unpaired) electrons. The first-order chi connectivity index (χ1) is 18.5. The van der Waals surface area contributed by atoms with Crippen molar-refractivity contribution >= 4 is 46.5 Å². The van der Waals surface area contributed by atoms with Gasteiger partial charge in [0.1, 0.15) is 16.5 Å². The molecule has 5 N–H and O–H groups in total. The number of hydrogen-bond donors (Lipinski definition) is 5. The van der Waals surface area contributed by atoms with Gasteiger partial charge in [0.05, 0.1) is 38.8 Å². The molecule has 2 fully saturated rings. The molecule has 1 aliphatic heterocycles. The minimum Gasteiger partial charge on any atom is -0.496 e. The summed E-state index contributed by atoms with van der Waals surface area (Å²) in [6.07, 6.45) is 3.47. The van der Waals surface area contributed by atoms with Gasteiger partial charge in [-0.3, -0.25) is 0 Å². The van der Waals surface area contributed by atoms with E-state index in [1.54, 1.807) is 32.4 Å². The highest BCUT2D eigenvalue weighted by Crippen LogP contribution is 2.34. The number of methoxy groups -OCH3 is 2. The first kappa shape index (κ1) is 25.8. The van der Waals surface area contributed by atoms with Crippen LogP contribution in [0.15, 0.2) is 42.6 Å². The molecule has 0 spiro atoms. The maximum Gasteiger partial charge on any atom is 0.319 e. The van der Waals surface area contributed by atoms with Crippen LogP contribution >= 0.6 is 11.6 Å². The molecule has 2 aliphatic rings. The zero-order valence-corrected chi connectivity index (χ0v) is 21.9. The Morgan fingerprint density at radius 3 is 2.61 bits per heavy atom. The zero-order valence-electron chi connectivity index (χ0n) is 21.1. The Balaban J connectivity index is 1.30. The van der Waals surface area contributed by atoms with E-state index in [0.29, 0.717) is 46.3 Å². The molecular weight excluding hydrogens is 510 g/mol. The van der Waals surface area contributed by atoms with Gasteiger partial charge < -0.3 is 40.8 Å². The van der Waals surface area contributed by atoms with Crippen LogP contribution in [0.5, 0.6) is 11.5 Å². The normalized spacial score (nSPS) is 16.9. The fourth-order valence-corrected chi connectivity index (χ4v) is 4.18. The number of amides is 2. The van der Waals surface area contributed by atoms with Crippen LogP contribution in [0.3, 0.4) is 0 Å². The Morgan fingerprint density at radius 2 is 1.87 bits per heavy atom. The molecule has 38 heavy (non-hydrogen) atoms. The Hall–Kier alpha value is -3.80. The summed E-state index contributed by atoms with van der Waals surface area (Å²) in [6, 6.07) is 11.1. The van der Waals surface area contributed by atoms with Gasteiger partial charge in [0.2, 0.25) is 5.95 Å². The Labute approximate surface area is 225 Å². The summed E-state index contributed by atoms with van der Waals surface area (Å²) in [6.45, 7) is 2.22. The zero-order chi connectivity index (χ0) is 26.5. The number of morpholine rings is 1. The lowest BCUT2D eigenvalue weighted by molar-refractivity contribution is 0.0263. The lowest BCUT2D eigenvalue weighted by Gasteiger charge is -2.25. The summed E-state index contributed by atoms with van der Waals surface area (Å²) in [5.41, 5.74) is 2.95. The number of anilines is 5. The molecule has 2 heterocycles. The molecule has 11 nitrogen and oxygen atoms in total. The molecule has 3 aromatic rings. The van der Waals surface area contributed by atoms with Crippen molar-refractivity contribution in [2.45, 2.75) is 25.0 Å². The molecule has 1 saturated heterocycles. The fourth-order valence-electron chi connectivity index (χ4n) is 4.04. The first-order valence-electron chi connectivity index (χ1n) is 12.3. The second kappa shape index (κ2) is 11.7. The number of benzene rings is 2. The summed E-state index contributed by atoms with van der Waals surface area (Å²) in [4.78, 5) is 20.9. The van der Waals surface area contributed by atoms with Crippen molar-refractivity contribution in [3.63, 3.8) is 0 Å². The third-order valence-electron chi connectivity index (χ3n) is 6.13. The smallest absolute Gasteiger partial charge is 0.319 e. The van der Waals surface area contributed by atoms with Crippen molar-refractivity contribution in [1.29, 1.82) is 0 Å². The predicted octanol–water partition coefficient (Wildman–Crippen LogP) is 4.58. The highest BCUT2D eigenvalue weighted by molar-refractivity contribution is 6.32. The van der Waals surface area contributed by atoms with Crippen LogP contribution in [0.4, 0.5) is 33.6 Å². The van der Waals surface area contributed by atoms with Gasteiger partial charge in [-0.25, -0.2) is 9.78 Å². The highest BCUT2D eigenvalue weighted by Gasteiger charge is 2.23. The van der Waals surface area contributed by atoms with Crippen molar-refractivity contribution < 1.29 is 19.0 Å². The van der Waals surface area contributed by atoms with E-state index < -0.39 is 0 Å². The highest BCUT2D eigenvalue weighted by atomic mass is 35.5. The van der Waals surface area contributed by atoms with Gasteiger partial charge in [-0.15, -0.1) is 0 Å². The van der Waals surface area contributed by atoms with Crippen LogP contribution in [-0.2, 0) is 4.74 Å². The number of rotatable bonds is 9. The third-order valence-corrected chi connectivity index (χ3v) is 6.41. The number of nitrogens with one attached hydrogen (secondary N) is 5. The number of aromatic nitrogens is 2. The number of ether oxygens (including phenoxy) is 3. The van der Waals surface area contributed by atoms with Gasteiger partial charge >= 0.3 is 6.03 Å². The molecule has 200 valence electrons. The molecule has 1 aliphatic carbocycles. The minimum absolute atomic E-state index is 0.0738. The molecule has 1 aromatic heterocycles. The van der Waals surface area contributed by atoms with E-state index in [9.17, 15) is 4.79 Å². The molecule has 1 saturated carbocycles. The van der Waals surface area contributed by atoms with E-state index in [1.807, 2.05) is 18.2 Å². The molecule has 1 atom stereocenters. The summed E-state index contributed by atoms with van der Waals surface area (Å²) in [5, 5.41) is 15.8. The molecule has 0 bridgehead atoms. The summed E-state index contributed by atoms with van der Waals surface area (Å²) in [7, 11) is 3.18. The molecule has 2 aromatic carbocycles. The summed E-state index contributed by atoms with van der Waals surface area (Å²) < 4.78 is 17.0. The van der Waals surface area contributed by atoms with Crippen molar-refractivity contribution in [3.8, 4) is 11.5 Å². The van der Waals surface area contributed by atoms with Crippen molar-refractivity contribution in [3.05, 3.63) is 53.2 Å². The summed E-state index contributed by atoms with van der Waals surface area (Å²) in [5.74, 6) is 1.95. The maximum atomic E-state index is 12.1. The number of carbonyl (C=O) groups is 1. The van der Waals surface area contributed by atoms with Crippen LogP contribution in [0.1, 0.15) is 24.5 Å². The van der Waals surface area contributed by atoms with Crippen LogP contribution in [0, 0.1) is 0 Å². The van der Waals surface area contributed by atoms with E-state index in [-0.39, 0.29) is 18.2 Å². The SMILES string of the molecule is COc1cc(NC(=O)NC2CC2)ccc1Nc1ncc(Cl)c(Nc2ccc(C3CNCCO3)c(OC)c2)n1. The van der Waals surface area contributed by atoms with Gasteiger partial charge in [0.25, 0.3) is 0 Å². The van der Waals surface area contributed by atoms with Crippen molar-refractivity contribution in [2.24, 2.45) is 0 Å². The Kier molecular flexibility index (Phi) is 7.97. The van der Waals surface area contributed by atoms with Gasteiger partial charge in [0, 0.05) is 48.2 Å². The van der Waals surface area contributed by atoms with Gasteiger partial charge in [-0.05, 0) is 31.0 Å². The van der Waals surface area contributed by atoms with Gasteiger partial charge in [-0.2, -0.15) is 4.98 Å². The topological polar surface area (TPSA) is 131 Å². The number of carbonyl (C=O) groups excluding carboxylic acids is 1. The third kappa shape index (κ3) is 6.36. The van der Waals surface area contributed by atoms with Gasteiger partial charge in [0.15, 0.2) is 5.82 Å². The minimum atomic E-state index is -0.236. The van der Waals surface area contributed by atoms with Crippen LogP contribution in [0.25, 0.3) is 0 Å². The molecule has 2 amide bonds. The average Bonchev–Trinajstić information content (AvgIpc) is 3.75. The van der Waals surface area contributed by atoms with Crippen LogP contribution in [-0.4, -0.2) is 56.0 Å². The first-order valence-corrected chi connectivity index (χ1v) is 12.7. The second-order valence-corrected chi connectivity index (χ2v) is 9.36. The number of hydrogen-bond acceptors (Lipinski definition) is 9. The lowest BCUT2D eigenvalue weighted by atomic mass is 10.1. The molecule has 5 rings (SSSR count). The number of urea groups is 1. The van der Waals surface area contributed by atoms with E-state index in [0.717, 1.165) is 37.2 Å². The van der Waals surface area contributed by atoms with Crippen molar-refractivity contribution in [1.82, 2.24) is 20.6 Å². The second-order valence-electron chi connectivity index (χ2n) is 8.95. The fraction of sp³-hybridized carbons (Fsp3) is 0.346. The van der Waals surface area contributed by atoms with E-state index in [4.69, 9.17) is 25.8 Å². The number of nitrogens with zero attached hydrogens (tertiary/aromatic N) is 2. The maximum absolute atomic E-state index is 12.1. The Morgan fingerprint density at radius 1 is 1.08 bits per heavy atom. The average molecular weight is 540 g/mol. The predicted molar refractivity (Wildman–Crippen MR) is 146 cm³/mol. The Bertz CT molecular complexity index is 1300. The van der Waals surface area contributed by atoms with Gasteiger partial charge in [-0.1, -0.05) is 17.7 Å². The van der Waals surface area contributed by atoms with E-state index in [1.165, 1.54) is 6.20 Å².